The van der Waals surface area contributed by atoms with Gasteiger partial charge in [-0.25, -0.2) is 9.67 Å². The van der Waals surface area contributed by atoms with E-state index in [1.54, 1.807) is 30.0 Å². The zero-order valence-corrected chi connectivity index (χ0v) is 20.1. The summed E-state index contributed by atoms with van der Waals surface area (Å²) >= 11 is 5.93. The molecule has 5 rings (SSSR count). The number of hydrogen-bond donors (Lipinski definition) is 2. The number of carbonyl (C=O) groups is 1. The monoisotopic (exact) mass is 503 g/mol. The predicted molar refractivity (Wildman–Crippen MR) is 135 cm³/mol. The zero-order valence-electron chi connectivity index (χ0n) is 19.3. The van der Waals surface area contributed by atoms with E-state index in [-0.39, 0.29) is 11.5 Å². The Morgan fingerprint density at radius 3 is 2.81 bits per heavy atom. The Morgan fingerprint density at radius 1 is 1.17 bits per heavy atom. The van der Waals surface area contributed by atoms with Crippen molar-refractivity contribution in [2.45, 2.75) is 13.1 Å². The summed E-state index contributed by atoms with van der Waals surface area (Å²) < 4.78 is 8.36. The molecule has 0 aliphatic carbocycles. The zero-order chi connectivity index (χ0) is 25.1. The van der Waals surface area contributed by atoms with Crippen molar-refractivity contribution in [2.75, 3.05) is 13.7 Å². The largest absolute Gasteiger partial charge is 0.497 e. The third kappa shape index (κ3) is 4.84. The summed E-state index contributed by atoms with van der Waals surface area (Å²) in [5.41, 5.74) is 3.01. The molecule has 0 unspecified atom stereocenters. The Balaban J connectivity index is 1.23. The van der Waals surface area contributed by atoms with Gasteiger partial charge in [0.25, 0.3) is 11.5 Å². The van der Waals surface area contributed by atoms with Crippen LogP contribution in [0, 0.1) is 0 Å². The molecule has 0 atom stereocenters. The highest BCUT2D eigenvalue weighted by atomic mass is 35.5. The highest BCUT2D eigenvalue weighted by Crippen LogP contribution is 2.22. The van der Waals surface area contributed by atoms with Crippen molar-refractivity contribution >= 4 is 28.5 Å². The van der Waals surface area contributed by atoms with E-state index in [2.05, 4.69) is 25.6 Å². The first-order chi connectivity index (χ1) is 17.5. The first-order valence-corrected chi connectivity index (χ1v) is 11.5. The van der Waals surface area contributed by atoms with Gasteiger partial charge in [0.1, 0.15) is 23.2 Å². The first-order valence-electron chi connectivity index (χ1n) is 11.2. The normalized spacial score (nSPS) is 11.1. The second kappa shape index (κ2) is 10.0. The van der Waals surface area contributed by atoms with Crippen molar-refractivity contribution in [2.24, 2.45) is 0 Å². The maximum absolute atomic E-state index is 12.9. The molecule has 1 amide bonds. The molecule has 3 heterocycles. The van der Waals surface area contributed by atoms with E-state index >= 15 is 0 Å². The number of nitrogens with one attached hydrogen (secondary N) is 2. The van der Waals surface area contributed by atoms with Crippen molar-refractivity contribution in [3.63, 3.8) is 0 Å². The molecule has 0 spiro atoms. The van der Waals surface area contributed by atoms with Gasteiger partial charge in [0.15, 0.2) is 5.65 Å². The van der Waals surface area contributed by atoms with Crippen LogP contribution in [0.25, 0.3) is 22.3 Å². The number of benzene rings is 2. The van der Waals surface area contributed by atoms with Crippen LogP contribution in [0.15, 0.2) is 71.9 Å². The number of aromatic nitrogens is 6. The SMILES string of the molecule is COc1cccc(-c2cc(C(=O)NCCn3ncc4c(=O)n(Cc5ccc(Cl)cc5)cnc43)[nH]n2)c1. The number of rotatable bonds is 8. The average molecular weight is 504 g/mol. The Kier molecular flexibility index (Phi) is 6.50. The Hall–Kier alpha value is -4.44. The van der Waals surface area contributed by atoms with Crippen LogP contribution in [-0.2, 0) is 13.1 Å². The van der Waals surface area contributed by atoms with Crippen molar-refractivity contribution in [1.29, 1.82) is 0 Å². The van der Waals surface area contributed by atoms with Gasteiger partial charge in [-0.15, -0.1) is 0 Å². The minimum atomic E-state index is -0.300. The molecule has 36 heavy (non-hydrogen) atoms. The highest BCUT2D eigenvalue weighted by molar-refractivity contribution is 6.30. The van der Waals surface area contributed by atoms with Crippen LogP contribution in [0.5, 0.6) is 5.75 Å². The van der Waals surface area contributed by atoms with E-state index in [4.69, 9.17) is 16.3 Å². The third-order valence-corrected chi connectivity index (χ3v) is 5.94. The van der Waals surface area contributed by atoms with Crippen LogP contribution in [0.2, 0.25) is 5.02 Å². The van der Waals surface area contributed by atoms with Gasteiger partial charge in [-0.2, -0.15) is 10.2 Å². The van der Waals surface area contributed by atoms with Crippen LogP contribution in [0.3, 0.4) is 0 Å². The van der Waals surface area contributed by atoms with Crippen molar-refractivity contribution < 1.29 is 9.53 Å². The lowest BCUT2D eigenvalue weighted by atomic mass is 10.1. The molecule has 0 bridgehead atoms. The van der Waals surface area contributed by atoms with Gasteiger partial charge < -0.3 is 10.1 Å². The molecule has 0 aliphatic heterocycles. The fourth-order valence-electron chi connectivity index (χ4n) is 3.80. The maximum Gasteiger partial charge on any atom is 0.269 e. The molecule has 5 aromatic rings. The topological polar surface area (TPSA) is 120 Å². The van der Waals surface area contributed by atoms with Gasteiger partial charge in [0.2, 0.25) is 0 Å². The van der Waals surface area contributed by atoms with Crippen molar-refractivity contribution in [3.8, 4) is 17.0 Å². The molecule has 0 fully saturated rings. The lowest BCUT2D eigenvalue weighted by Crippen LogP contribution is -2.28. The molecular formula is C25H22ClN7O3. The molecule has 0 radical (unpaired) electrons. The number of hydrogen-bond acceptors (Lipinski definition) is 6. The Bertz CT molecular complexity index is 1590. The lowest BCUT2D eigenvalue weighted by Gasteiger charge is -2.07. The number of aromatic amines is 1. The van der Waals surface area contributed by atoms with Crippen LogP contribution in [0.4, 0.5) is 0 Å². The first kappa shape index (κ1) is 23.3. The molecule has 11 heteroatoms. The fourth-order valence-corrected chi connectivity index (χ4v) is 3.93. The summed E-state index contributed by atoms with van der Waals surface area (Å²) in [6, 6.07) is 16.4. The highest BCUT2D eigenvalue weighted by Gasteiger charge is 2.13. The van der Waals surface area contributed by atoms with Gasteiger partial charge in [0, 0.05) is 17.1 Å². The molecular weight excluding hydrogens is 482 g/mol. The van der Waals surface area contributed by atoms with Crippen LogP contribution >= 0.6 is 11.6 Å². The van der Waals surface area contributed by atoms with E-state index in [0.717, 1.165) is 11.1 Å². The van der Waals surface area contributed by atoms with E-state index in [1.807, 2.05) is 36.4 Å². The van der Waals surface area contributed by atoms with Crippen LogP contribution < -0.4 is 15.6 Å². The van der Waals surface area contributed by atoms with E-state index in [1.165, 1.54) is 17.1 Å². The van der Waals surface area contributed by atoms with Gasteiger partial charge in [-0.3, -0.25) is 19.3 Å². The molecule has 2 aromatic carbocycles. The summed E-state index contributed by atoms with van der Waals surface area (Å²) in [4.78, 5) is 29.9. The fraction of sp³-hybridized carbons (Fsp3) is 0.160. The minimum absolute atomic E-state index is 0.187. The smallest absolute Gasteiger partial charge is 0.269 e. The average Bonchev–Trinajstić information content (AvgIpc) is 3.55. The molecule has 10 nitrogen and oxygen atoms in total. The van der Waals surface area contributed by atoms with E-state index in [9.17, 15) is 9.59 Å². The summed E-state index contributed by atoms with van der Waals surface area (Å²) in [5.74, 6) is 0.407. The summed E-state index contributed by atoms with van der Waals surface area (Å²) in [6.45, 7) is 1.01. The van der Waals surface area contributed by atoms with Crippen LogP contribution in [0.1, 0.15) is 16.1 Å². The van der Waals surface area contributed by atoms with Crippen molar-refractivity contribution in [3.05, 3.63) is 93.8 Å². The summed E-state index contributed by atoms with van der Waals surface area (Å²) in [6.07, 6.45) is 3.00. The van der Waals surface area contributed by atoms with E-state index < -0.39 is 0 Å². The summed E-state index contributed by atoms with van der Waals surface area (Å²) in [5, 5.41) is 15.2. The number of fused-ring (bicyclic) bond motifs is 1. The summed E-state index contributed by atoms with van der Waals surface area (Å²) in [7, 11) is 1.60. The van der Waals surface area contributed by atoms with E-state index in [0.29, 0.717) is 52.8 Å². The second-order valence-corrected chi connectivity index (χ2v) is 8.50. The number of carbonyl (C=O) groups excluding carboxylic acids is 1. The minimum Gasteiger partial charge on any atom is -0.497 e. The predicted octanol–water partition coefficient (Wildman–Crippen LogP) is 3.12. The number of amides is 1. The Labute approximate surface area is 210 Å². The van der Waals surface area contributed by atoms with Gasteiger partial charge in [0.05, 0.1) is 32.1 Å². The number of methoxy groups -OCH3 is 1. The lowest BCUT2D eigenvalue weighted by molar-refractivity contribution is 0.0947. The third-order valence-electron chi connectivity index (χ3n) is 5.69. The number of ether oxygens (including phenoxy) is 1. The maximum atomic E-state index is 12.9. The number of halogens is 1. The standard InChI is InChI=1S/C25H22ClN7O3/c1-36-19-4-2-3-17(11-19)21-12-22(31-30-21)24(34)27-9-10-33-23-20(13-29-33)25(35)32(15-28-23)14-16-5-7-18(26)8-6-16/h2-8,11-13,15H,9-10,14H2,1H3,(H,27,34)(H,30,31). The molecule has 182 valence electrons. The quantitative estimate of drug-likeness (QED) is 0.336. The molecule has 2 N–H and O–H groups in total. The number of nitrogens with zero attached hydrogens (tertiary/aromatic N) is 5. The second-order valence-electron chi connectivity index (χ2n) is 8.06. The Morgan fingerprint density at radius 2 is 2.00 bits per heavy atom. The van der Waals surface area contributed by atoms with Crippen LogP contribution in [-0.4, -0.2) is 49.1 Å². The molecule has 0 saturated heterocycles. The van der Waals surface area contributed by atoms with Gasteiger partial charge in [-0.1, -0.05) is 35.9 Å². The number of H-pyrrole nitrogens is 1. The van der Waals surface area contributed by atoms with Crippen molar-refractivity contribution in [1.82, 2.24) is 34.8 Å². The van der Waals surface area contributed by atoms with Gasteiger partial charge in [-0.05, 0) is 35.9 Å². The molecule has 0 aliphatic rings. The van der Waals surface area contributed by atoms with Gasteiger partial charge >= 0.3 is 0 Å². The molecule has 3 aromatic heterocycles. The molecule has 0 saturated carbocycles.